The Balaban J connectivity index is 1.78. The summed E-state index contributed by atoms with van der Waals surface area (Å²) >= 11 is 0. The first-order valence-electron chi connectivity index (χ1n) is 7.78. The summed E-state index contributed by atoms with van der Waals surface area (Å²) in [7, 11) is 0. The van der Waals surface area contributed by atoms with Crippen molar-refractivity contribution in [2.75, 3.05) is 5.32 Å². The van der Waals surface area contributed by atoms with Gasteiger partial charge in [0.2, 0.25) is 5.56 Å². The van der Waals surface area contributed by atoms with Crippen molar-refractivity contribution in [2.24, 2.45) is 0 Å². The lowest BCUT2D eigenvalue weighted by Gasteiger charge is -2.27. The minimum absolute atomic E-state index is 0.0645. The first kappa shape index (κ1) is 13.1. The van der Waals surface area contributed by atoms with Gasteiger partial charge in [-0.1, -0.05) is 42.5 Å². The maximum absolute atomic E-state index is 11.9. The zero-order valence-electron chi connectivity index (χ0n) is 12.3. The first-order chi connectivity index (χ1) is 10.8. The number of H-pyrrole nitrogens is 1. The third-order valence-corrected chi connectivity index (χ3v) is 4.45. The number of nitrogens with one attached hydrogen (secondary N) is 2. The van der Waals surface area contributed by atoms with Crippen LogP contribution < -0.4 is 10.9 Å². The molecule has 0 spiro atoms. The Morgan fingerprint density at radius 1 is 1.05 bits per heavy atom. The van der Waals surface area contributed by atoms with Crippen LogP contribution in [0, 0.1) is 0 Å². The molecule has 1 aromatic heterocycles. The Hall–Kier alpha value is -2.55. The lowest BCUT2D eigenvalue weighted by molar-refractivity contribution is 0.601. The number of aromatic nitrogens is 1. The number of para-hydroxylation sites is 1. The SMILES string of the molecule is O=c1cc(NC2CCCc3ccccc32)c2ccccc2[nH]1. The molecule has 110 valence electrons. The highest BCUT2D eigenvalue weighted by Gasteiger charge is 2.20. The molecule has 2 N–H and O–H groups in total. The Bertz CT molecular complexity index is 882. The molecule has 0 aliphatic heterocycles. The van der Waals surface area contributed by atoms with Crippen molar-refractivity contribution in [3.63, 3.8) is 0 Å². The van der Waals surface area contributed by atoms with Gasteiger partial charge in [-0.2, -0.15) is 0 Å². The van der Waals surface area contributed by atoms with Crippen LogP contribution in [0.2, 0.25) is 0 Å². The van der Waals surface area contributed by atoms with Gasteiger partial charge in [-0.25, -0.2) is 0 Å². The third kappa shape index (κ3) is 2.29. The van der Waals surface area contributed by atoms with Crippen LogP contribution >= 0.6 is 0 Å². The summed E-state index contributed by atoms with van der Waals surface area (Å²) < 4.78 is 0. The Labute approximate surface area is 129 Å². The second kappa shape index (κ2) is 5.34. The average Bonchev–Trinajstić information content (AvgIpc) is 2.55. The van der Waals surface area contributed by atoms with Gasteiger partial charge in [-0.3, -0.25) is 4.79 Å². The summed E-state index contributed by atoms with van der Waals surface area (Å²) in [6, 6.07) is 18.5. The summed E-state index contributed by atoms with van der Waals surface area (Å²) in [5.41, 5.74) is 4.51. The van der Waals surface area contributed by atoms with Crippen molar-refractivity contribution in [3.05, 3.63) is 76.1 Å². The number of pyridine rings is 1. The highest BCUT2D eigenvalue weighted by atomic mass is 16.1. The lowest BCUT2D eigenvalue weighted by atomic mass is 9.87. The van der Waals surface area contributed by atoms with Crippen LogP contribution in [0.5, 0.6) is 0 Å². The predicted octanol–water partition coefficient (Wildman–Crippen LogP) is 4.02. The second-order valence-corrected chi connectivity index (χ2v) is 5.88. The maximum atomic E-state index is 11.9. The Morgan fingerprint density at radius 2 is 1.86 bits per heavy atom. The van der Waals surface area contributed by atoms with Gasteiger partial charge in [0.15, 0.2) is 0 Å². The van der Waals surface area contributed by atoms with Crippen LogP contribution in [0.15, 0.2) is 59.4 Å². The third-order valence-electron chi connectivity index (χ3n) is 4.45. The molecule has 2 aromatic carbocycles. The number of hydrogen-bond donors (Lipinski definition) is 2. The van der Waals surface area contributed by atoms with Crippen LogP contribution in [0.1, 0.15) is 30.0 Å². The van der Waals surface area contributed by atoms with E-state index in [9.17, 15) is 4.79 Å². The van der Waals surface area contributed by atoms with Crippen molar-refractivity contribution >= 4 is 16.6 Å². The maximum Gasteiger partial charge on any atom is 0.250 e. The standard InChI is InChI=1S/C19H18N2O/c22-19-12-18(15-9-3-4-10-17(15)21-19)20-16-11-5-7-13-6-1-2-8-14(13)16/h1-4,6,8-10,12,16H,5,7,11H2,(H2,20,21,22). The second-order valence-electron chi connectivity index (χ2n) is 5.88. The van der Waals surface area contributed by atoms with E-state index in [2.05, 4.69) is 34.6 Å². The first-order valence-corrected chi connectivity index (χ1v) is 7.78. The van der Waals surface area contributed by atoms with E-state index in [0.717, 1.165) is 29.4 Å². The monoisotopic (exact) mass is 290 g/mol. The molecule has 3 heteroatoms. The molecule has 3 aromatic rings. The number of fused-ring (bicyclic) bond motifs is 2. The largest absolute Gasteiger partial charge is 0.378 e. The smallest absolute Gasteiger partial charge is 0.250 e. The van der Waals surface area contributed by atoms with Gasteiger partial charge in [0, 0.05) is 17.1 Å². The molecular weight excluding hydrogens is 272 g/mol. The zero-order valence-corrected chi connectivity index (χ0v) is 12.3. The highest BCUT2D eigenvalue weighted by Crippen LogP contribution is 2.33. The van der Waals surface area contributed by atoms with Crippen molar-refractivity contribution in [1.82, 2.24) is 4.98 Å². The van der Waals surface area contributed by atoms with E-state index in [4.69, 9.17) is 0 Å². The van der Waals surface area contributed by atoms with Crippen LogP contribution in [0.3, 0.4) is 0 Å². The molecule has 0 amide bonds. The number of aromatic amines is 1. The molecule has 1 atom stereocenters. The van der Waals surface area contributed by atoms with Gasteiger partial charge in [0.05, 0.1) is 11.6 Å². The topological polar surface area (TPSA) is 44.9 Å². The highest BCUT2D eigenvalue weighted by molar-refractivity contribution is 5.91. The fourth-order valence-electron chi connectivity index (χ4n) is 3.42. The minimum atomic E-state index is -0.0645. The van der Waals surface area contributed by atoms with E-state index in [1.807, 2.05) is 24.3 Å². The quantitative estimate of drug-likeness (QED) is 0.749. The molecule has 1 heterocycles. The molecular formula is C19H18N2O. The van der Waals surface area contributed by atoms with Crippen LogP contribution in [-0.2, 0) is 6.42 Å². The number of anilines is 1. The van der Waals surface area contributed by atoms with Gasteiger partial charge < -0.3 is 10.3 Å². The minimum Gasteiger partial charge on any atom is -0.378 e. The van der Waals surface area contributed by atoms with Gasteiger partial charge in [-0.15, -0.1) is 0 Å². The Kier molecular flexibility index (Phi) is 3.19. The molecule has 0 bridgehead atoms. The van der Waals surface area contributed by atoms with E-state index in [1.54, 1.807) is 6.07 Å². The van der Waals surface area contributed by atoms with Crippen molar-refractivity contribution in [2.45, 2.75) is 25.3 Å². The molecule has 22 heavy (non-hydrogen) atoms. The number of aryl methyl sites for hydroxylation is 1. The summed E-state index contributed by atoms with van der Waals surface area (Å²) in [6.45, 7) is 0. The summed E-state index contributed by atoms with van der Waals surface area (Å²) in [5.74, 6) is 0. The molecule has 3 nitrogen and oxygen atoms in total. The van der Waals surface area contributed by atoms with E-state index in [1.165, 1.54) is 17.5 Å². The normalized spacial score (nSPS) is 17.2. The average molecular weight is 290 g/mol. The van der Waals surface area contributed by atoms with Crippen LogP contribution in [-0.4, -0.2) is 4.98 Å². The number of rotatable bonds is 2. The summed E-state index contributed by atoms with van der Waals surface area (Å²) in [4.78, 5) is 14.8. The van der Waals surface area contributed by atoms with E-state index < -0.39 is 0 Å². The van der Waals surface area contributed by atoms with E-state index in [-0.39, 0.29) is 11.6 Å². The van der Waals surface area contributed by atoms with Crippen molar-refractivity contribution < 1.29 is 0 Å². The number of benzene rings is 2. The van der Waals surface area contributed by atoms with Gasteiger partial charge >= 0.3 is 0 Å². The van der Waals surface area contributed by atoms with Gasteiger partial charge in [0.1, 0.15) is 0 Å². The molecule has 1 unspecified atom stereocenters. The van der Waals surface area contributed by atoms with Crippen LogP contribution in [0.4, 0.5) is 5.69 Å². The zero-order chi connectivity index (χ0) is 14.9. The van der Waals surface area contributed by atoms with E-state index in [0.29, 0.717) is 0 Å². The molecule has 1 aliphatic rings. The molecule has 4 rings (SSSR count). The molecule has 1 aliphatic carbocycles. The number of hydrogen-bond acceptors (Lipinski definition) is 2. The van der Waals surface area contributed by atoms with Gasteiger partial charge in [0.25, 0.3) is 0 Å². The summed E-state index contributed by atoms with van der Waals surface area (Å²) in [6.07, 6.45) is 3.42. The fourth-order valence-corrected chi connectivity index (χ4v) is 3.42. The molecule has 0 fully saturated rings. The lowest BCUT2D eigenvalue weighted by Crippen LogP contribution is -2.18. The molecule has 0 radical (unpaired) electrons. The fraction of sp³-hybridized carbons (Fsp3) is 0.211. The molecule has 0 saturated carbocycles. The van der Waals surface area contributed by atoms with Crippen molar-refractivity contribution in [1.29, 1.82) is 0 Å². The molecule has 0 saturated heterocycles. The van der Waals surface area contributed by atoms with Crippen molar-refractivity contribution in [3.8, 4) is 0 Å². The predicted molar refractivity (Wildman–Crippen MR) is 90.3 cm³/mol. The van der Waals surface area contributed by atoms with Gasteiger partial charge in [-0.05, 0) is 36.5 Å². The van der Waals surface area contributed by atoms with E-state index >= 15 is 0 Å². The summed E-state index contributed by atoms with van der Waals surface area (Å²) in [5, 5.41) is 4.66. The van der Waals surface area contributed by atoms with Crippen LogP contribution in [0.25, 0.3) is 10.9 Å². The Morgan fingerprint density at radius 3 is 2.82 bits per heavy atom.